The highest BCUT2D eigenvalue weighted by atomic mass is 35.5. The van der Waals surface area contributed by atoms with Crippen molar-refractivity contribution in [1.29, 1.82) is 0 Å². The highest BCUT2D eigenvalue weighted by Gasteiger charge is 2.10. The van der Waals surface area contributed by atoms with Gasteiger partial charge in [0.2, 0.25) is 0 Å². The molecule has 0 aromatic heterocycles. The van der Waals surface area contributed by atoms with Crippen LogP contribution in [-0.2, 0) is 0 Å². The van der Waals surface area contributed by atoms with Gasteiger partial charge in [0.15, 0.2) is 0 Å². The Balaban J connectivity index is 2.37. The molecule has 0 unspecified atom stereocenters. The van der Waals surface area contributed by atoms with Crippen LogP contribution in [0, 0.1) is 0 Å². The molecule has 0 amide bonds. The summed E-state index contributed by atoms with van der Waals surface area (Å²) in [7, 11) is 0. The molecule has 0 spiro atoms. The first kappa shape index (κ1) is 9.99. The van der Waals surface area contributed by atoms with Crippen molar-refractivity contribution in [1.82, 2.24) is 0 Å². The van der Waals surface area contributed by atoms with Gasteiger partial charge in [-0.2, -0.15) is 0 Å². The third kappa shape index (κ3) is 1.95. The molecule has 2 nitrogen and oxygen atoms in total. The number of carbonyl (C=O) groups is 1. The molecule has 1 aromatic rings. The Labute approximate surface area is 92.5 Å². The van der Waals surface area contributed by atoms with Crippen LogP contribution in [0.15, 0.2) is 36.4 Å². The summed E-state index contributed by atoms with van der Waals surface area (Å²) in [6.45, 7) is 0. The van der Waals surface area contributed by atoms with Crippen molar-refractivity contribution in [3.8, 4) is 0 Å². The lowest BCUT2D eigenvalue weighted by Crippen LogP contribution is -1.97. The van der Waals surface area contributed by atoms with Crippen LogP contribution in [0.2, 0.25) is 5.02 Å². The van der Waals surface area contributed by atoms with Crippen LogP contribution in [0.5, 0.6) is 0 Å². The Hall–Kier alpha value is -1.54. The van der Waals surface area contributed by atoms with Gasteiger partial charge in [-0.3, -0.25) is 0 Å². The van der Waals surface area contributed by atoms with Gasteiger partial charge in [0, 0.05) is 0 Å². The summed E-state index contributed by atoms with van der Waals surface area (Å²) < 4.78 is 0. The van der Waals surface area contributed by atoms with E-state index in [1.807, 2.05) is 18.2 Å². The number of hydrogen-bond acceptors (Lipinski definition) is 1. The molecule has 0 aliphatic heterocycles. The fourth-order valence-corrected chi connectivity index (χ4v) is 1.81. The Morgan fingerprint density at radius 2 is 2.20 bits per heavy atom. The molecule has 76 valence electrons. The second-order valence-electron chi connectivity index (χ2n) is 3.32. The molecular weight excluding hydrogens is 212 g/mol. The maximum Gasteiger partial charge on any atom is 0.337 e. The number of rotatable bonds is 2. The smallest absolute Gasteiger partial charge is 0.337 e. The summed E-state index contributed by atoms with van der Waals surface area (Å²) in [5.41, 5.74) is 2.29. The number of carboxylic acid groups (broad SMARTS) is 1. The largest absolute Gasteiger partial charge is 0.478 e. The lowest BCUT2D eigenvalue weighted by Gasteiger charge is -2.04. The van der Waals surface area contributed by atoms with Crippen LogP contribution >= 0.6 is 11.6 Å². The molecule has 1 aliphatic rings. The molecule has 1 N–H and O–H groups in total. The van der Waals surface area contributed by atoms with E-state index < -0.39 is 5.97 Å². The van der Waals surface area contributed by atoms with Crippen LogP contribution in [0.3, 0.4) is 0 Å². The lowest BCUT2D eigenvalue weighted by molar-refractivity contribution is 0.0697. The Bertz CT molecular complexity index is 473. The predicted molar refractivity (Wildman–Crippen MR) is 60.1 cm³/mol. The highest BCUT2D eigenvalue weighted by molar-refractivity contribution is 6.33. The second-order valence-corrected chi connectivity index (χ2v) is 3.73. The van der Waals surface area contributed by atoms with Gasteiger partial charge in [-0.05, 0) is 29.7 Å². The highest BCUT2D eigenvalue weighted by Crippen LogP contribution is 2.27. The summed E-state index contributed by atoms with van der Waals surface area (Å²) in [4.78, 5) is 10.7. The second kappa shape index (κ2) is 3.91. The summed E-state index contributed by atoms with van der Waals surface area (Å²) in [6, 6.07) is 5.02. The quantitative estimate of drug-likeness (QED) is 0.830. The molecule has 0 bridgehead atoms. The van der Waals surface area contributed by atoms with E-state index in [4.69, 9.17) is 16.7 Å². The number of aromatic carboxylic acids is 1. The van der Waals surface area contributed by atoms with Crippen molar-refractivity contribution < 1.29 is 9.90 Å². The van der Waals surface area contributed by atoms with E-state index in [1.54, 1.807) is 18.2 Å². The first-order valence-electron chi connectivity index (χ1n) is 4.57. The van der Waals surface area contributed by atoms with Gasteiger partial charge < -0.3 is 5.11 Å². The molecule has 0 radical (unpaired) electrons. The van der Waals surface area contributed by atoms with Crippen molar-refractivity contribution in [2.75, 3.05) is 0 Å². The minimum absolute atomic E-state index is 0.145. The summed E-state index contributed by atoms with van der Waals surface area (Å²) in [6.07, 6.45) is 6.91. The van der Waals surface area contributed by atoms with Crippen molar-refractivity contribution in [3.63, 3.8) is 0 Å². The number of carboxylic acids is 1. The standard InChI is InChI=1S/C12H9ClO2/c13-11-7-9(8-3-1-2-4-8)5-6-10(11)12(14)15/h1-3,5-7H,4H2,(H,14,15). The number of allylic oxidation sites excluding steroid dienone is 4. The van der Waals surface area contributed by atoms with E-state index in [9.17, 15) is 4.79 Å². The monoisotopic (exact) mass is 220 g/mol. The maximum atomic E-state index is 10.7. The zero-order valence-corrected chi connectivity index (χ0v) is 8.66. The van der Waals surface area contributed by atoms with Gasteiger partial charge in [0.05, 0.1) is 10.6 Å². The molecular formula is C12H9ClO2. The first-order chi connectivity index (χ1) is 7.18. The Kier molecular flexibility index (Phi) is 2.60. The van der Waals surface area contributed by atoms with E-state index in [1.165, 1.54) is 0 Å². The average Bonchev–Trinajstić information content (AvgIpc) is 2.69. The number of benzene rings is 1. The molecule has 0 heterocycles. The van der Waals surface area contributed by atoms with Crippen LogP contribution in [0.1, 0.15) is 22.3 Å². The zero-order valence-electron chi connectivity index (χ0n) is 7.90. The summed E-state index contributed by atoms with van der Waals surface area (Å²) >= 11 is 5.87. The third-order valence-corrected chi connectivity index (χ3v) is 2.65. The minimum Gasteiger partial charge on any atom is -0.478 e. The van der Waals surface area contributed by atoms with E-state index in [-0.39, 0.29) is 10.6 Å². The van der Waals surface area contributed by atoms with Crippen LogP contribution < -0.4 is 0 Å². The molecule has 0 saturated heterocycles. The van der Waals surface area contributed by atoms with Gasteiger partial charge in [-0.25, -0.2) is 4.79 Å². The van der Waals surface area contributed by atoms with Crippen molar-refractivity contribution in [2.24, 2.45) is 0 Å². The fourth-order valence-electron chi connectivity index (χ4n) is 1.55. The van der Waals surface area contributed by atoms with Gasteiger partial charge in [-0.15, -0.1) is 0 Å². The molecule has 15 heavy (non-hydrogen) atoms. The average molecular weight is 221 g/mol. The minimum atomic E-state index is -0.995. The molecule has 1 aliphatic carbocycles. The number of hydrogen-bond donors (Lipinski definition) is 1. The Morgan fingerprint density at radius 3 is 2.73 bits per heavy atom. The van der Waals surface area contributed by atoms with Crippen molar-refractivity contribution >= 4 is 23.1 Å². The van der Waals surface area contributed by atoms with Gasteiger partial charge in [0.25, 0.3) is 0 Å². The SMILES string of the molecule is O=C(O)c1ccc(C2=CC=CC2)cc1Cl. The first-order valence-corrected chi connectivity index (χ1v) is 4.95. The molecule has 2 rings (SSSR count). The fraction of sp³-hybridized carbons (Fsp3) is 0.0833. The molecule has 0 fully saturated rings. The summed E-state index contributed by atoms with van der Waals surface area (Å²) in [5.74, 6) is -0.995. The molecule has 3 heteroatoms. The zero-order chi connectivity index (χ0) is 10.8. The van der Waals surface area contributed by atoms with Crippen LogP contribution in [-0.4, -0.2) is 11.1 Å². The van der Waals surface area contributed by atoms with Crippen molar-refractivity contribution in [2.45, 2.75) is 6.42 Å². The normalized spacial score (nSPS) is 14.1. The van der Waals surface area contributed by atoms with E-state index in [0.29, 0.717) is 0 Å². The van der Waals surface area contributed by atoms with E-state index in [2.05, 4.69) is 0 Å². The number of halogens is 1. The van der Waals surface area contributed by atoms with Gasteiger partial charge >= 0.3 is 5.97 Å². The van der Waals surface area contributed by atoms with Crippen LogP contribution in [0.4, 0.5) is 0 Å². The lowest BCUT2D eigenvalue weighted by atomic mass is 10.0. The van der Waals surface area contributed by atoms with Crippen molar-refractivity contribution in [3.05, 3.63) is 52.6 Å². The topological polar surface area (TPSA) is 37.3 Å². The van der Waals surface area contributed by atoms with E-state index >= 15 is 0 Å². The van der Waals surface area contributed by atoms with Crippen LogP contribution in [0.25, 0.3) is 5.57 Å². The van der Waals surface area contributed by atoms with Gasteiger partial charge in [0.1, 0.15) is 0 Å². The summed E-state index contributed by atoms with van der Waals surface area (Å²) in [5, 5.41) is 9.10. The molecule has 1 aromatic carbocycles. The molecule has 0 saturated carbocycles. The third-order valence-electron chi connectivity index (χ3n) is 2.34. The van der Waals surface area contributed by atoms with E-state index in [0.717, 1.165) is 17.6 Å². The maximum absolute atomic E-state index is 10.7. The predicted octanol–water partition coefficient (Wildman–Crippen LogP) is 3.38. The van der Waals surface area contributed by atoms with Gasteiger partial charge in [-0.1, -0.05) is 35.9 Å². The Morgan fingerprint density at radius 1 is 1.40 bits per heavy atom. The molecule has 0 atom stereocenters.